The van der Waals surface area contributed by atoms with Crippen molar-refractivity contribution in [2.45, 2.75) is 59.5 Å². The number of fused-ring (bicyclic) bond motifs is 1. The number of nitrogens with zero attached hydrogens (tertiary/aromatic N) is 3. The molecule has 100 valence electrons. The third-order valence-corrected chi connectivity index (χ3v) is 4.44. The monoisotopic (exact) mass is 248 g/mol. The molecule has 2 atom stereocenters. The molecule has 3 rings (SSSR count). The van der Waals surface area contributed by atoms with Gasteiger partial charge in [-0.1, -0.05) is 34.6 Å². The van der Waals surface area contributed by atoms with Gasteiger partial charge in [0.15, 0.2) is 5.82 Å². The van der Waals surface area contributed by atoms with E-state index in [1.807, 2.05) is 0 Å². The predicted molar refractivity (Wildman–Crippen MR) is 71.4 cm³/mol. The van der Waals surface area contributed by atoms with Crippen LogP contribution in [0.3, 0.4) is 0 Å². The first kappa shape index (κ1) is 12.2. The van der Waals surface area contributed by atoms with Crippen molar-refractivity contribution in [2.75, 3.05) is 6.54 Å². The van der Waals surface area contributed by atoms with Gasteiger partial charge in [0.1, 0.15) is 5.82 Å². The lowest BCUT2D eigenvalue weighted by Gasteiger charge is -2.34. The molecule has 1 fully saturated rings. The van der Waals surface area contributed by atoms with Crippen LogP contribution in [0.4, 0.5) is 0 Å². The maximum Gasteiger partial charge on any atom is 0.150 e. The van der Waals surface area contributed by atoms with Crippen LogP contribution < -0.4 is 5.32 Å². The Balaban J connectivity index is 1.97. The van der Waals surface area contributed by atoms with E-state index in [1.54, 1.807) is 0 Å². The van der Waals surface area contributed by atoms with Crippen LogP contribution in [0, 0.1) is 10.8 Å². The molecule has 0 aromatic carbocycles. The average Bonchev–Trinajstić information content (AvgIpc) is 2.73. The number of aromatic nitrogens is 3. The van der Waals surface area contributed by atoms with E-state index in [2.05, 4.69) is 54.7 Å². The van der Waals surface area contributed by atoms with Crippen LogP contribution in [0.15, 0.2) is 0 Å². The largest absolute Gasteiger partial charge is 0.312 e. The van der Waals surface area contributed by atoms with Crippen molar-refractivity contribution in [3.05, 3.63) is 11.6 Å². The lowest BCUT2D eigenvalue weighted by atomic mass is 9.85. The highest BCUT2D eigenvalue weighted by atomic mass is 15.3. The Kier molecular flexibility index (Phi) is 2.40. The van der Waals surface area contributed by atoms with Crippen LogP contribution in [0.1, 0.15) is 64.6 Å². The van der Waals surface area contributed by atoms with Gasteiger partial charge in [-0.05, 0) is 17.3 Å². The second-order valence-corrected chi connectivity index (χ2v) is 7.57. The summed E-state index contributed by atoms with van der Waals surface area (Å²) >= 11 is 0. The van der Waals surface area contributed by atoms with Gasteiger partial charge in [0, 0.05) is 19.0 Å². The first-order chi connectivity index (χ1) is 8.31. The zero-order valence-electron chi connectivity index (χ0n) is 12.1. The van der Waals surface area contributed by atoms with Crippen LogP contribution in [-0.2, 0) is 6.54 Å². The van der Waals surface area contributed by atoms with E-state index in [-0.39, 0.29) is 5.41 Å². The molecule has 1 N–H and O–H groups in total. The van der Waals surface area contributed by atoms with Gasteiger partial charge in [-0.25, -0.2) is 0 Å². The van der Waals surface area contributed by atoms with Crippen molar-refractivity contribution in [1.29, 1.82) is 0 Å². The normalized spacial score (nSPS) is 30.1. The highest BCUT2D eigenvalue weighted by Gasteiger charge is 2.50. The van der Waals surface area contributed by atoms with Crippen molar-refractivity contribution in [3.63, 3.8) is 0 Å². The predicted octanol–water partition coefficient (Wildman–Crippen LogP) is 2.48. The van der Waals surface area contributed by atoms with Gasteiger partial charge in [-0.15, -0.1) is 10.2 Å². The molecule has 0 radical (unpaired) electrons. The standard InChI is InChI=1S/C14H24N4/c1-13(2,3)10-12-17-16-11(9-8-14(9,4)5)18(12)7-6-15-10/h9-10,15H,6-8H2,1-5H3. The highest BCUT2D eigenvalue weighted by Crippen LogP contribution is 2.58. The van der Waals surface area contributed by atoms with Gasteiger partial charge in [0.2, 0.25) is 0 Å². The van der Waals surface area contributed by atoms with E-state index in [4.69, 9.17) is 0 Å². The Morgan fingerprint density at radius 3 is 2.39 bits per heavy atom. The molecule has 0 amide bonds. The zero-order chi connectivity index (χ0) is 13.1. The fraction of sp³-hybridized carbons (Fsp3) is 0.857. The fourth-order valence-corrected chi connectivity index (χ4v) is 3.04. The minimum absolute atomic E-state index is 0.182. The van der Waals surface area contributed by atoms with E-state index in [0.717, 1.165) is 18.9 Å². The van der Waals surface area contributed by atoms with Gasteiger partial charge in [-0.2, -0.15) is 0 Å². The molecule has 2 unspecified atom stereocenters. The molecule has 18 heavy (non-hydrogen) atoms. The first-order valence-corrected chi connectivity index (χ1v) is 6.97. The molecule has 1 aromatic rings. The second kappa shape index (κ2) is 3.56. The lowest BCUT2D eigenvalue weighted by Crippen LogP contribution is -2.41. The highest BCUT2D eigenvalue weighted by molar-refractivity contribution is 5.19. The molecule has 1 aliphatic heterocycles. The number of hydrogen-bond acceptors (Lipinski definition) is 3. The van der Waals surface area contributed by atoms with E-state index >= 15 is 0 Å². The molecule has 4 heteroatoms. The Morgan fingerprint density at radius 1 is 1.22 bits per heavy atom. The number of rotatable bonds is 1. The third kappa shape index (κ3) is 1.78. The SMILES string of the molecule is CC(C)(C)C1NCCn2c1nnc2C1CC1(C)C. The number of hydrogen-bond donors (Lipinski definition) is 1. The van der Waals surface area contributed by atoms with Crippen molar-refractivity contribution in [1.82, 2.24) is 20.1 Å². The van der Waals surface area contributed by atoms with Gasteiger partial charge < -0.3 is 9.88 Å². The summed E-state index contributed by atoms with van der Waals surface area (Å²) in [5, 5.41) is 12.6. The molecule has 1 aliphatic carbocycles. The summed E-state index contributed by atoms with van der Waals surface area (Å²) in [7, 11) is 0. The van der Waals surface area contributed by atoms with Crippen molar-refractivity contribution < 1.29 is 0 Å². The molecule has 4 nitrogen and oxygen atoms in total. The van der Waals surface area contributed by atoms with Crippen LogP contribution in [0.25, 0.3) is 0 Å². The maximum absolute atomic E-state index is 4.49. The topological polar surface area (TPSA) is 42.7 Å². The molecular formula is C14H24N4. The second-order valence-electron chi connectivity index (χ2n) is 7.57. The van der Waals surface area contributed by atoms with Gasteiger partial charge in [0.05, 0.1) is 6.04 Å². The minimum Gasteiger partial charge on any atom is -0.312 e. The Bertz CT molecular complexity index is 467. The lowest BCUT2D eigenvalue weighted by molar-refractivity contribution is 0.232. The Morgan fingerprint density at radius 2 is 1.83 bits per heavy atom. The third-order valence-electron chi connectivity index (χ3n) is 4.44. The minimum atomic E-state index is 0.182. The van der Waals surface area contributed by atoms with E-state index in [9.17, 15) is 0 Å². The van der Waals surface area contributed by atoms with Gasteiger partial charge in [-0.3, -0.25) is 0 Å². The Labute approximate surface area is 109 Å². The molecule has 0 spiro atoms. The van der Waals surface area contributed by atoms with Gasteiger partial charge >= 0.3 is 0 Å². The summed E-state index contributed by atoms with van der Waals surface area (Å²) in [5.74, 6) is 2.95. The van der Waals surface area contributed by atoms with Crippen molar-refractivity contribution >= 4 is 0 Å². The first-order valence-electron chi connectivity index (χ1n) is 6.97. The molecule has 1 aromatic heterocycles. The van der Waals surface area contributed by atoms with E-state index < -0.39 is 0 Å². The quantitative estimate of drug-likeness (QED) is 0.830. The van der Waals surface area contributed by atoms with Gasteiger partial charge in [0.25, 0.3) is 0 Å². The summed E-state index contributed by atoms with van der Waals surface area (Å²) < 4.78 is 2.37. The number of nitrogens with one attached hydrogen (secondary N) is 1. The molecule has 2 heterocycles. The van der Waals surface area contributed by atoms with Crippen LogP contribution >= 0.6 is 0 Å². The molecule has 0 bridgehead atoms. The summed E-state index contributed by atoms with van der Waals surface area (Å²) in [6.45, 7) is 13.5. The smallest absolute Gasteiger partial charge is 0.150 e. The fourth-order valence-electron chi connectivity index (χ4n) is 3.04. The molecule has 0 saturated heterocycles. The zero-order valence-corrected chi connectivity index (χ0v) is 12.1. The molecule has 1 saturated carbocycles. The summed E-state index contributed by atoms with van der Waals surface area (Å²) in [5.41, 5.74) is 0.605. The maximum atomic E-state index is 4.49. The summed E-state index contributed by atoms with van der Waals surface area (Å²) in [4.78, 5) is 0. The van der Waals surface area contributed by atoms with E-state index in [0.29, 0.717) is 17.4 Å². The average molecular weight is 248 g/mol. The Hall–Kier alpha value is -0.900. The van der Waals surface area contributed by atoms with Crippen molar-refractivity contribution in [2.24, 2.45) is 10.8 Å². The summed E-state index contributed by atoms with van der Waals surface area (Å²) in [6, 6.07) is 0.314. The molecular weight excluding hydrogens is 224 g/mol. The van der Waals surface area contributed by atoms with Crippen LogP contribution in [0.5, 0.6) is 0 Å². The van der Waals surface area contributed by atoms with Crippen LogP contribution in [0.2, 0.25) is 0 Å². The summed E-state index contributed by atoms with van der Waals surface area (Å²) in [6.07, 6.45) is 1.25. The van der Waals surface area contributed by atoms with E-state index in [1.165, 1.54) is 12.2 Å². The molecule has 2 aliphatic rings. The van der Waals surface area contributed by atoms with Crippen LogP contribution in [-0.4, -0.2) is 21.3 Å². The van der Waals surface area contributed by atoms with Crippen molar-refractivity contribution in [3.8, 4) is 0 Å².